The molecule has 0 spiro atoms. The van der Waals surface area contributed by atoms with E-state index in [4.69, 9.17) is 20.4 Å². The number of amides is 1. The van der Waals surface area contributed by atoms with Crippen LogP contribution in [0.4, 0.5) is 5.82 Å². The Bertz CT molecular complexity index is 2140. The smallest absolute Gasteiger partial charge is 0.254 e. The summed E-state index contributed by atoms with van der Waals surface area (Å²) in [4.78, 5) is 32.8. The molecule has 2 aliphatic heterocycles. The number of anilines is 1. The van der Waals surface area contributed by atoms with Gasteiger partial charge in [0.2, 0.25) is 0 Å². The molecule has 2 aliphatic carbocycles. The number of hydrogen-bond donors (Lipinski definition) is 1. The molecule has 2 N–H and O–H groups in total. The van der Waals surface area contributed by atoms with Crippen LogP contribution in [-0.2, 0) is 13.1 Å². The topological polar surface area (TPSA) is 131 Å². The lowest BCUT2D eigenvalue weighted by Crippen LogP contribution is -2.49. The second-order valence-corrected chi connectivity index (χ2v) is 14.8. The van der Waals surface area contributed by atoms with E-state index < -0.39 is 0 Å². The van der Waals surface area contributed by atoms with Crippen molar-refractivity contribution < 1.29 is 9.53 Å². The molecule has 9 rings (SSSR count). The molecule has 244 valence electrons. The fourth-order valence-electron chi connectivity index (χ4n) is 8.19. The summed E-state index contributed by atoms with van der Waals surface area (Å²) in [5.41, 5.74) is 11.2. The fraction of sp³-hybridized carbons (Fsp3) is 0.417. The zero-order valence-corrected chi connectivity index (χ0v) is 28.3. The molecular formula is C36H36BrN9O2. The van der Waals surface area contributed by atoms with Gasteiger partial charge in [-0.2, -0.15) is 5.26 Å². The number of nitrogens with zero attached hydrogens (tertiary/aromatic N) is 8. The maximum Gasteiger partial charge on any atom is 0.254 e. The van der Waals surface area contributed by atoms with E-state index in [0.717, 1.165) is 76.4 Å². The Kier molecular flexibility index (Phi) is 6.99. The maximum absolute atomic E-state index is 14.0. The van der Waals surface area contributed by atoms with Gasteiger partial charge >= 0.3 is 0 Å². The van der Waals surface area contributed by atoms with Crippen molar-refractivity contribution in [3.63, 3.8) is 0 Å². The van der Waals surface area contributed by atoms with Crippen LogP contribution in [0.3, 0.4) is 0 Å². The lowest BCUT2D eigenvalue weighted by atomic mass is 9.99. The van der Waals surface area contributed by atoms with Crippen molar-refractivity contribution in [3.05, 3.63) is 64.4 Å². The zero-order chi connectivity index (χ0) is 32.7. The van der Waals surface area contributed by atoms with Crippen LogP contribution in [-0.4, -0.2) is 73.7 Å². The van der Waals surface area contributed by atoms with E-state index in [2.05, 4.69) is 53.1 Å². The molecule has 5 aromatic rings. The van der Waals surface area contributed by atoms with Gasteiger partial charge in [-0.1, -0.05) is 0 Å². The Morgan fingerprint density at radius 3 is 2.60 bits per heavy atom. The molecule has 1 aromatic carbocycles. The number of hydrogen-bond acceptors (Lipinski definition) is 8. The van der Waals surface area contributed by atoms with Crippen molar-refractivity contribution >= 4 is 49.7 Å². The van der Waals surface area contributed by atoms with Crippen molar-refractivity contribution in [2.45, 2.75) is 50.9 Å². The van der Waals surface area contributed by atoms with Crippen LogP contribution in [0, 0.1) is 29.1 Å². The Morgan fingerprint density at radius 1 is 1.06 bits per heavy atom. The fourth-order valence-corrected chi connectivity index (χ4v) is 8.79. The average molecular weight is 707 g/mol. The number of benzene rings is 1. The van der Waals surface area contributed by atoms with Crippen LogP contribution in [0.1, 0.15) is 41.6 Å². The minimum Gasteiger partial charge on any atom is -0.494 e. The number of rotatable bonds is 8. The number of carbonyl (C=O) groups excluding carboxylic acids is 1. The molecule has 2 saturated heterocycles. The number of imidazole rings is 1. The van der Waals surface area contributed by atoms with E-state index in [0.29, 0.717) is 47.7 Å². The highest BCUT2D eigenvalue weighted by atomic mass is 79.9. The quantitative estimate of drug-likeness (QED) is 0.233. The minimum atomic E-state index is -0.00359. The Balaban J connectivity index is 1.13. The van der Waals surface area contributed by atoms with Crippen LogP contribution in [0.25, 0.3) is 33.6 Å². The molecule has 11 nitrogen and oxygen atoms in total. The largest absolute Gasteiger partial charge is 0.494 e. The molecule has 12 heteroatoms. The van der Waals surface area contributed by atoms with Gasteiger partial charge in [0.05, 0.1) is 28.4 Å². The molecule has 4 aromatic heterocycles. The van der Waals surface area contributed by atoms with Crippen molar-refractivity contribution in [1.29, 1.82) is 5.26 Å². The van der Waals surface area contributed by atoms with Gasteiger partial charge < -0.3 is 29.4 Å². The summed E-state index contributed by atoms with van der Waals surface area (Å²) >= 11 is 3.61. The van der Waals surface area contributed by atoms with Crippen molar-refractivity contribution in [3.8, 4) is 23.3 Å². The van der Waals surface area contributed by atoms with Gasteiger partial charge in [0.25, 0.3) is 5.91 Å². The van der Waals surface area contributed by atoms with E-state index in [9.17, 15) is 10.1 Å². The molecule has 2 bridgehead atoms. The van der Waals surface area contributed by atoms with Gasteiger partial charge in [0, 0.05) is 74.1 Å². The molecular weight excluding hydrogens is 670 g/mol. The molecule has 2 saturated carbocycles. The van der Waals surface area contributed by atoms with Gasteiger partial charge in [-0.3, -0.25) is 4.79 Å². The molecule has 2 unspecified atom stereocenters. The summed E-state index contributed by atoms with van der Waals surface area (Å²) in [5, 5.41) is 10.4. The average Bonchev–Trinajstić information content (AvgIpc) is 3.44. The lowest BCUT2D eigenvalue weighted by molar-refractivity contribution is 0.0700. The number of nitriles is 1. The van der Waals surface area contributed by atoms with Crippen LogP contribution in [0.5, 0.6) is 5.75 Å². The molecule has 6 heterocycles. The first kappa shape index (κ1) is 29.7. The summed E-state index contributed by atoms with van der Waals surface area (Å²) in [5.74, 6) is 3.66. The van der Waals surface area contributed by atoms with E-state index in [-0.39, 0.29) is 18.0 Å². The lowest BCUT2D eigenvalue weighted by Gasteiger charge is -2.41. The third-order valence-electron chi connectivity index (χ3n) is 10.9. The summed E-state index contributed by atoms with van der Waals surface area (Å²) < 4.78 is 11.5. The van der Waals surface area contributed by atoms with E-state index in [1.54, 1.807) is 13.3 Å². The molecule has 3 atom stereocenters. The monoisotopic (exact) mass is 705 g/mol. The van der Waals surface area contributed by atoms with Crippen molar-refractivity contribution in [2.24, 2.45) is 23.5 Å². The molecule has 4 aliphatic rings. The van der Waals surface area contributed by atoms with E-state index in [1.165, 1.54) is 12.8 Å². The van der Waals surface area contributed by atoms with Crippen LogP contribution in [0.15, 0.2) is 53.3 Å². The van der Waals surface area contributed by atoms with Crippen molar-refractivity contribution in [1.82, 2.24) is 29.0 Å². The molecule has 0 radical (unpaired) electrons. The highest BCUT2D eigenvalue weighted by Crippen LogP contribution is 2.41. The van der Waals surface area contributed by atoms with Gasteiger partial charge in [-0.05, 0) is 89.8 Å². The Hall–Kier alpha value is -4.47. The van der Waals surface area contributed by atoms with E-state index in [1.807, 2.05) is 35.4 Å². The third kappa shape index (κ3) is 4.77. The zero-order valence-electron chi connectivity index (χ0n) is 26.7. The highest BCUT2D eigenvalue weighted by molar-refractivity contribution is 9.10. The number of nitrogens with two attached hydrogens (primary N) is 1. The molecule has 48 heavy (non-hydrogen) atoms. The normalized spacial score (nSPS) is 22.1. The number of piperidine rings is 1. The summed E-state index contributed by atoms with van der Waals surface area (Å²) in [6, 6.07) is 14.2. The second-order valence-electron chi connectivity index (χ2n) is 13.9. The van der Waals surface area contributed by atoms with Crippen LogP contribution >= 0.6 is 15.9 Å². The van der Waals surface area contributed by atoms with Crippen LogP contribution in [0.2, 0.25) is 0 Å². The number of methoxy groups -OCH3 is 1. The maximum atomic E-state index is 14.0. The van der Waals surface area contributed by atoms with Gasteiger partial charge in [0.1, 0.15) is 28.8 Å². The standard InChI is InChI=1S/C36H36BrN9O2/c1-48-30-12-25(36(47)45-19-24-6-7-28(45)31(24)39)10-27-32(30)46(18-22-15-43(16-22)34-26(37)9-21(13-38)14-41-34)35(42-27)29-11-23-3-2-8-40-33(23)44(29)17-20-4-5-20/h2-3,8-12,14,20,22,24,28,31H,4-7,15-19,39H2,1H3/t24?,28?,31-/m1/s1. The number of fused-ring (bicyclic) bond motifs is 4. The first-order valence-corrected chi connectivity index (χ1v) is 17.6. The number of likely N-dealkylation sites (tertiary alicyclic amines) is 1. The predicted octanol–water partition coefficient (Wildman–Crippen LogP) is 5.20. The Morgan fingerprint density at radius 2 is 1.90 bits per heavy atom. The molecule has 4 fully saturated rings. The van der Waals surface area contributed by atoms with Gasteiger partial charge in [-0.15, -0.1) is 0 Å². The molecule has 1 amide bonds. The number of aromatic nitrogens is 5. The van der Waals surface area contributed by atoms with Crippen molar-refractivity contribution in [2.75, 3.05) is 31.6 Å². The van der Waals surface area contributed by atoms with Gasteiger partial charge in [0.15, 0.2) is 5.82 Å². The minimum absolute atomic E-state index is 0.00359. The van der Waals surface area contributed by atoms with Gasteiger partial charge in [-0.25, -0.2) is 15.0 Å². The predicted molar refractivity (Wildman–Crippen MR) is 186 cm³/mol. The number of ether oxygens (including phenoxy) is 1. The highest BCUT2D eigenvalue weighted by Gasteiger charge is 2.47. The van der Waals surface area contributed by atoms with Crippen LogP contribution < -0.4 is 15.4 Å². The summed E-state index contributed by atoms with van der Waals surface area (Å²) in [6.07, 6.45) is 7.97. The van der Waals surface area contributed by atoms with E-state index >= 15 is 0 Å². The number of halogens is 1. The summed E-state index contributed by atoms with van der Waals surface area (Å²) in [6.45, 7) is 3.93. The second kappa shape index (κ2) is 11.3. The number of carbonyl (C=O) groups is 1. The SMILES string of the molecule is COc1cc(C(=O)N2CC3CCC2[C@@H]3N)cc2nc(-c3cc4cccnc4n3CC3CC3)n(CC3CN(c4ncc(C#N)cc4Br)C3)c12. The first-order valence-electron chi connectivity index (χ1n) is 16.8. The first-order chi connectivity index (χ1) is 23.4. The third-order valence-corrected chi connectivity index (χ3v) is 11.4. The Labute approximate surface area is 286 Å². The summed E-state index contributed by atoms with van der Waals surface area (Å²) in [7, 11) is 1.67. The number of pyridine rings is 2.